The fraction of sp³-hybridized carbons (Fsp3) is 0.333. The van der Waals surface area contributed by atoms with E-state index < -0.39 is 0 Å². The lowest BCUT2D eigenvalue weighted by Gasteiger charge is -2.17. The number of fused-ring (bicyclic) bond motifs is 1. The van der Waals surface area contributed by atoms with Crippen molar-refractivity contribution >= 4 is 22.6 Å². The third kappa shape index (κ3) is 4.03. The highest BCUT2D eigenvalue weighted by Gasteiger charge is 2.13. The molecule has 0 unspecified atom stereocenters. The van der Waals surface area contributed by atoms with E-state index in [0.717, 1.165) is 24.5 Å². The minimum atomic E-state index is -0.122. The van der Waals surface area contributed by atoms with Gasteiger partial charge in [-0.05, 0) is 42.7 Å². The Morgan fingerprint density at radius 1 is 1.11 bits per heavy atom. The monoisotopic (exact) mass is 377 g/mol. The van der Waals surface area contributed by atoms with Crippen molar-refractivity contribution in [2.45, 2.75) is 32.4 Å². The van der Waals surface area contributed by atoms with Crippen molar-refractivity contribution in [2.75, 3.05) is 18.0 Å². The van der Waals surface area contributed by atoms with Gasteiger partial charge in [0.2, 0.25) is 5.91 Å². The summed E-state index contributed by atoms with van der Waals surface area (Å²) in [4.78, 5) is 35.7. The number of hydrogen-bond acceptors (Lipinski definition) is 5. The summed E-state index contributed by atoms with van der Waals surface area (Å²) in [5.74, 6) is 0.873. The number of carbonyl (C=O) groups is 1. The molecular formula is C21H23N5O2. The van der Waals surface area contributed by atoms with Crippen molar-refractivity contribution in [2.24, 2.45) is 0 Å². The van der Waals surface area contributed by atoms with Gasteiger partial charge in [-0.1, -0.05) is 12.1 Å². The Morgan fingerprint density at radius 3 is 2.79 bits per heavy atom. The molecule has 3 heterocycles. The third-order valence-electron chi connectivity index (χ3n) is 5.04. The molecule has 0 spiro atoms. The van der Waals surface area contributed by atoms with Crippen LogP contribution in [0.25, 0.3) is 10.9 Å². The smallest absolute Gasteiger partial charge is 0.261 e. The molecule has 0 radical (unpaired) electrons. The van der Waals surface area contributed by atoms with Gasteiger partial charge in [-0.25, -0.2) is 9.97 Å². The Kier molecular flexibility index (Phi) is 5.32. The number of hydrogen-bond donors (Lipinski definition) is 1. The first-order valence-electron chi connectivity index (χ1n) is 9.61. The summed E-state index contributed by atoms with van der Waals surface area (Å²) in [6.45, 7) is 2.83. The van der Waals surface area contributed by atoms with Gasteiger partial charge in [-0.2, -0.15) is 0 Å². The zero-order valence-electron chi connectivity index (χ0n) is 15.7. The standard InChI is InChI=1S/C21H23N5O2/c27-20(8-12-26-15-24-18-6-2-1-5-17(18)21(26)28)23-14-16-7-9-22-19(13-16)25-10-3-4-11-25/h1-2,5-7,9,13,15H,3-4,8,10-12,14H2,(H,23,27). The highest BCUT2D eigenvalue weighted by molar-refractivity contribution is 5.77. The average molecular weight is 377 g/mol. The summed E-state index contributed by atoms with van der Waals surface area (Å²) < 4.78 is 1.49. The molecule has 1 aliphatic rings. The Morgan fingerprint density at radius 2 is 1.93 bits per heavy atom. The topological polar surface area (TPSA) is 80.1 Å². The van der Waals surface area contributed by atoms with Crippen LogP contribution in [0.1, 0.15) is 24.8 Å². The Labute approximate surface area is 163 Å². The molecule has 7 nitrogen and oxygen atoms in total. The minimum Gasteiger partial charge on any atom is -0.357 e. The van der Waals surface area contributed by atoms with Crippen LogP contribution in [-0.2, 0) is 17.9 Å². The Balaban J connectivity index is 1.33. The van der Waals surface area contributed by atoms with Crippen LogP contribution in [0, 0.1) is 0 Å². The van der Waals surface area contributed by atoms with Crippen molar-refractivity contribution < 1.29 is 4.79 Å². The maximum Gasteiger partial charge on any atom is 0.261 e. The van der Waals surface area contributed by atoms with Crippen LogP contribution in [0.3, 0.4) is 0 Å². The van der Waals surface area contributed by atoms with Crippen LogP contribution < -0.4 is 15.8 Å². The molecule has 144 valence electrons. The molecule has 1 aliphatic heterocycles. The minimum absolute atomic E-state index is 0.0976. The first-order chi connectivity index (χ1) is 13.7. The highest BCUT2D eigenvalue weighted by Crippen LogP contribution is 2.18. The summed E-state index contributed by atoms with van der Waals surface area (Å²) in [6.07, 6.45) is 5.92. The van der Waals surface area contributed by atoms with Gasteiger partial charge >= 0.3 is 0 Å². The zero-order valence-corrected chi connectivity index (χ0v) is 15.7. The van der Waals surface area contributed by atoms with Crippen molar-refractivity contribution in [1.29, 1.82) is 0 Å². The van der Waals surface area contributed by atoms with Crippen LogP contribution in [0.5, 0.6) is 0 Å². The molecule has 7 heteroatoms. The average Bonchev–Trinajstić information content (AvgIpc) is 3.27. The molecular weight excluding hydrogens is 354 g/mol. The van der Waals surface area contributed by atoms with E-state index in [1.54, 1.807) is 18.3 Å². The lowest BCUT2D eigenvalue weighted by atomic mass is 10.2. The molecule has 0 saturated carbocycles. The summed E-state index contributed by atoms with van der Waals surface area (Å²) in [6, 6.07) is 11.2. The predicted octanol–water partition coefficient (Wildman–Crippen LogP) is 2.10. The number of amides is 1. The molecule has 1 saturated heterocycles. The number of aromatic nitrogens is 3. The summed E-state index contributed by atoms with van der Waals surface area (Å²) in [7, 11) is 0. The Hall–Kier alpha value is -3.22. The molecule has 0 atom stereocenters. The normalized spacial score (nSPS) is 13.8. The number of aryl methyl sites for hydroxylation is 1. The second kappa shape index (κ2) is 8.21. The quantitative estimate of drug-likeness (QED) is 0.712. The van der Waals surface area contributed by atoms with Crippen LogP contribution in [0.4, 0.5) is 5.82 Å². The molecule has 1 aromatic carbocycles. The molecule has 0 aliphatic carbocycles. The molecule has 1 fully saturated rings. The number of nitrogens with one attached hydrogen (secondary N) is 1. The van der Waals surface area contributed by atoms with Crippen molar-refractivity contribution in [1.82, 2.24) is 19.9 Å². The van der Waals surface area contributed by atoms with Crippen LogP contribution in [-0.4, -0.2) is 33.5 Å². The number of anilines is 1. The van der Waals surface area contributed by atoms with Gasteiger partial charge in [0, 0.05) is 38.8 Å². The van der Waals surface area contributed by atoms with Gasteiger partial charge in [0.1, 0.15) is 5.82 Å². The summed E-state index contributed by atoms with van der Waals surface area (Å²) in [5, 5.41) is 3.49. The van der Waals surface area contributed by atoms with Crippen LogP contribution in [0.2, 0.25) is 0 Å². The van der Waals surface area contributed by atoms with E-state index >= 15 is 0 Å². The molecule has 3 aromatic rings. The highest BCUT2D eigenvalue weighted by atomic mass is 16.1. The van der Waals surface area contributed by atoms with Crippen molar-refractivity contribution in [3.05, 3.63) is 64.8 Å². The number of nitrogens with zero attached hydrogens (tertiary/aromatic N) is 4. The van der Waals surface area contributed by atoms with Gasteiger partial charge in [0.15, 0.2) is 0 Å². The molecule has 2 aromatic heterocycles. The van der Waals surface area contributed by atoms with E-state index in [1.165, 1.54) is 23.7 Å². The molecule has 28 heavy (non-hydrogen) atoms. The first-order valence-corrected chi connectivity index (χ1v) is 9.61. The number of benzene rings is 1. The van der Waals surface area contributed by atoms with E-state index in [2.05, 4.69) is 20.2 Å². The fourth-order valence-corrected chi connectivity index (χ4v) is 3.47. The van der Waals surface area contributed by atoms with Gasteiger partial charge < -0.3 is 10.2 Å². The maximum atomic E-state index is 12.5. The number of para-hydroxylation sites is 1. The summed E-state index contributed by atoms with van der Waals surface area (Å²) in [5.41, 5.74) is 1.57. The second-order valence-corrected chi connectivity index (χ2v) is 7.00. The van der Waals surface area contributed by atoms with E-state index in [4.69, 9.17) is 0 Å². The predicted molar refractivity (Wildman–Crippen MR) is 108 cm³/mol. The van der Waals surface area contributed by atoms with Gasteiger partial charge in [0.05, 0.1) is 17.2 Å². The second-order valence-electron chi connectivity index (χ2n) is 7.00. The number of pyridine rings is 1. The van der Waals surface area contributed by atoms with E-state index in [1.807, 2.05) is 24.3 Å². The lowest BCUT2D eigenvalue weighted by molar-refractivity contribution is -0.121. The van der Waals surface area contributed by atoms with E-state index in [0.29, 0.717) is 24.0 Å². The molecule has 4 rings (SSSR count). The third-order valence-corrected chi connectivity index (χ3v) is 5.04. The molecule has 0 bridgehead atoms. The lowest BCUT2D eigenvalue weighted by Crippen LogP contribution is -2.27. The fourth-order valence-electron chi connectivity index (χ4n) is 3.47. The first kappa shape index (κ1) is 18.2. The van der Waals surface area contributed by atoms with Crippen LogP contribution >= 0.6 is 0 Å². The van der Waals surface area contributed by atoms with Crippen LogP contribution in [0.15, 0.2) is 53.7 Å². The van der Waals surface area contributed by atoms with Crippen molar-refractivity contribution in [3.63, 3.8) is 0 Å². The van der Waals surface area contributed by atoms with Gasteiger partial charge in [-0.3, -0.25) is 14.2 Å². The van der Waals surface area contributed by atoms with Gasteiger partial charge in [0.25, 0.3) is 5.56 Å². The van der Waals surface area contributed by atoms with E-state index in [-0.39, 0.29) is 17.9 Å². The SMILES string of the molecule is O=C(CCn1cnc2ccccc2c1=O)NCc1ccnc(N2CCCC2)c1. The van der Waals surface area contributed by atoms with Gasteiger partial charge in [-0.15, -0.1) is 0 Å². The van der Waals surface area contributed by atoms with E-state index in [9.17, 15) is 9.59 Å². The largest absolute Gasteiger partial charge is 0.357 e. The maximum absolute atomic E-state index is 12.5. The van der Waals surface area contributed by atoms with Crippen molar-refractivity contribution in [3.8, 4) is 0 Å². The number of rotatable bonds is 6. The zero-order chi connectivity index (χ0) is 19.3. The molecule has 1 amide bonds. The number of carbonyl (C=O) groups excluding carboxylic acids is 1. The molecule has 1 N–H and O–H groups in total. The Bertz CT molecular complexity index is 1040. The summed E-state index contributed by atoms with van der Waals surface area (Å²) >= 11 is 0.